The number of nitrogens with zero attached hydrogens (tertiary/aromatic N) is 2. The molecule has 2 rings (SSSR count). The summed E-state index contributed by atoms with van der Waals surface area (Å²) in [5.74, 6) is 0.265. The molecule has 8 nitrogen and oxygen atoms in total. The minimum atomic E-state index is -0.584. The predicted octanol–water partition coefficient (Wildman–Crippen LogP) is 0.934. The summed E-state index contributed by atoms with van der Waals surface area (Å²) in [6, 6.07) is 5.37. The van der Waals surface area contributed by atoms with Gasteiger partial charge in [0.05, 0.1) is 11.1 Å². The molecule has 1 heterocycles. The molecule has 1 saturated heterocycles. The smallest absolute Gasteiger partial charge is 0.410 e. The number of piperazine rings is 1. The number of benzene rings is 1. The second-order valence-electron chi connectivity index (χ2n) is 4.68. The van der Waals surface area contributed by atoms with E-state index in [1.165, 1.54) is 24.3 Å². The lowest BCUT2D eigenvalue weighted by atomic mass is 10.3. The number of non-ortho nitro benzene ring substituents is 1. The minimum Gasteiger partial charge on any atom is -0.410 e. The van der Waals surface area contributed by atoms with Crippen LogP contribution in [0.5, 0.6) is 5.75 Å². The van der Waals surface area contributed by atoms with Crippen molar-refractivity contribution in [2.75, 3.05) is 26.2 Å². The molecule has 0 bridgehead atoms. The zero-order chi connectivity index (χ0) is 15.2. The van der Waals surface area contributed by atoms with Gasteiger partial charge >= 0.3 is 6.09 Å². The van der Waals surface area contributed by atoms with E-state index >= 15 is 0 Å². The summed E-state index contributed by atoms with van der Waals surface area (Å²) in [6.45, 7) is 5.46. The number of nitro groups is 1. The number of hydrogen-bond acceptors (Lipinski definition) is 6. The van der Waals surface area contributed by atoms with E-state index in [-0.39, 0.29) is 17.6 Å². The van der Waals surface area contributed by atoms with Gasteiger partial charge < -0.3 is 10.1 Å². The van der Waals surface area contributed by atoms with E-state index in [9.17, 15) is 14.9 Å². The van der Waals surface area contributed by atoms with Gasteiger partial charge in [0.1, 0.15) is 5.75 Å². The molecule has 21 heavy (non-hydrogen) atoms. The highest BCUT2D eigenvalue weighted by molar-refractivity contribution is 5.70. The summed E-state index contributed by atoms with van der Waals surface area (Å²) in [5.41, 5.74) is -0.0460. The number of amides is 1. The van der Waals surface area contributed by atoms with Crippen molar-refractivity contribution in [3.63, 3.8) is 0 Å². The molecular formula is C13H18N4O4. The van der Waals surface area contributed by atoms with Crippen LogP contribution in [0.2, 0.25) is 0 Å². The molecule has 1 aromatic carbocycles. The summed E-state index contributed by atoms with van der Waals surface area (Å²) in [4.78, 5) is 24.0. The van der Waals surface area contributed by atoms with E-state index in [1.807, 2.05) is 0 Å². The highest BCUT2D eigenvalue weighted by Gasteiger charge is 2.20. The zero-order valence-corrected chi connectivity index (χ0v) is 11.7. The van der Waals surface area contributed by atoms with Gasteiger partial charge in [0.2, 0.25) is 0 Å². The molecule has 2 N–H and O–H groups in total. The molecule has 1 aromatic rings. The van der Waals surface area contributed by atoms with Gasteiger partial charge in [-0.05, 0) is 18.7 Å². The van der Waals surface area contributed by atoms with Crippen molar-refractivity contribution in [3.05, 3.63) is 34.4 Å². The maximum atomic E-state index is 11.8. The quantitative estimate of drug-likeness (QED) is 0.633. The largest absolute Gasteiger partial charge is 0.413 e. The summed E-state index contributed by atoms with van der Waals surface area (Å²) >= 11 is 0. The summed E-state index contributed by atoms with van der Waals surface area (Å²) in [7, 11) is 0. The number of ether oxygens (including phenoxy) is 1. The lowest BCUT2D eigenvalue weighted by molar-refractivity contribution is -0.384. The van der Waals surface area contributed by atoms with Crippen LogP contribution in [0.1, 0.15) is 6.92 Å². The molecule has 8 heteroatoms. The van der Waals surface area contributed by atoms with Crippen molar-refractivity contribution in [2.45, 2.75) is 13.1 Å². The average molecular weight is 294 g/mol. The van der Waals surface area contributed by atoms with Crippen LogP contribution in [-0.2, 0) is 0 Å². The van der Waals surface area contributed by atoms with Crippen LogP contribution in [-0.4, -0.2) is 48.3 Å². The van der Waals surface area contributed by atoms with E-state index in [0.29, 0.717) is 6.54 Å². The normalized spacial score (nSPS) is 19.0. The average Bonchev–Trinajstić information content (AvgIpc) is 2.47. The van der Waals surface area contributed by atoms with Crippen molar-refractivity contribution in [3.8, 4) is 5.75 Å². The monoisotopic (exact) mass is 294 g/mol. The first-order chi connectivity index (χ1) is 10.1. The van der Waals surface area contributed by atoms with E-state index < -0.39 is 11.0 Å². The molecule has 1 aliphatic heterocycles. The second kappa shape index (κ2) is 7.00. The molecular weight excluding hydrogens is 276 g/mol. The van der Waals surface area contributed by atoms with Crippen LogP contribution in [0.15, 0.2) is 24.3 Å². The van der Waals surface area contributed by atoms with Crippen molar-refractivity contribution in [1.82, 2.24) is 15.5 Å². The van der Waals surface area contributed by atoms with Gasteiger partial charge in [-0.1, -0.05) is 6.92 Å². The Hall–Kier alpha value is -2.19. The first kappa shape index (κ1) is 15.2. The zero-order valence-electron chi connectivity index (χ0n) is 11.7. The Kier molecular flexibility index (Phi) is 5.07. The number of nitrogens with one attached hydrogen (secondary N) is 2. The molecule has 1 atom stereocenters. The highest BCUT2D eigenvalue weighted by atomic mass is 16.6. The van der Waals surface area contributed by atoms with Crippen LogP contribution >= 0.6 is 0 Å². The fraction of sp³-hybridized carbons (Fsp3) is 0.462. The van der Waals surface area contributed by atoms with Gasteiger partial charge in [0.25, 0.3) is 5.69 Å². The molecule has 0 radical (unpaired) electrons. The fourth-order valence-corrected chi connectivity index (χ4v) is 2.11. The van der Waals surface area contributed by atoms with Crippen LogP contribution in [0.4, 0.5) is 10.5 Å². The topological polar surface area (TPSA) is 96.7 Å². The molecule has 0 aromatic heterocycles. The Morgan fingerprint density at radius 2 is 2.24 bits per heavy atom. The fourth-order valence-electron chi connectivity index (χ4n) is 2.11. The maximum absolute atomic E-state index is 11.8. The van der Waals surface area contributed by atoms with E-state index in [2.05, 4.69) is 22.5 Å². The molecule has 1 amide bonds. The van der Waals surface area contributed by atoms with Crippen LogP contribution < -0.4 is 15.4 Å². The number of nitro benzene ring substituents is 1. The molecule has 114 valence electrons. The minimum absolute atomic E-state index is 0.0460. The van der Waals surface area contributed by atoms with Gasteiger partial charge in [-0.2, -0.15) is 0 Å². The number of carbonyl (C=O) groups excluding carboxylic acids is 1. The number of likely N-dealkylation sites (N-methyl/N-ethyl adjacent to an activating group) is 1. The Morgan fingerprint density at radius 1 is 1.52 bits per heavy atom. The molecule has 0 aliphatic carbocycles. The van der Waals surface area contributed by atoms with Crippen LogP contribution in [0.3, 0.4) is 0 Å². The number of carbonyl (C=O) groups is 1. The van der Waals surface area contributed by atoms with Crippen molar-refractivity contribution < 1.29 is 14.5 Å². The van der Waals surface area contributed by atoms with E-state index in [0.717, 1.165) is 19.6 Å². The van der Waals surface area contributed by atoms with E-state index in [4.69, 9.17) is 4.74 Å². The standard InChI is InChI=1S/C13H18N4O4/c1-2-16-8-7-14-12(9-16)15-13(18)21-11-5-3-10(4-6-11)17(19)20/h3-6,12,14H,2,7-9H2,1H3,(H,15,18). The van der Waals surface area contributed by atoms with Crippen molar-refractivity contribution >= 4 is 11.8 Å². The van der Waals surface area contributed by atoms with Crippen LogP contribution in [0.25, 0.3) is 0 Å². The first-order valence-electron chi connectivity index (χ1n) is 6.77. The summed E-state index contributed by atoms with van der Waals surface area (Å²) in [6.07, 6.45) is -0.747. The van der Waals surface area contributed by atoms with Crippen molar-refractivity contribution in [1.29, 1.82) is 0 Å². The number of hydrogen-bond donors (Lipinski definition) is 2. The summed E-state index contributed by atoms with van der Waals surface area (Å²) in [5, 5.41) is 16.4. The van der Waals surface area contributed by atoms with Gasteiger partial charge in [-0.25, -0.2) is 4.79 Å². The Morgan fingerprint density at radius 3 is 2.86 bits per heavy atom. The molecule has 0 spiro atoms. The third kappa shape index (κ3) is 4.40. The van der Waals surface area contributed by atoms with Crippen LogP contribution in [0, 0.1) is 10.1 Å². The molecule has 1 unspecified atom stereocenters. The van der Waals surface area contributed by atoms with Gasteiger partial charge in [-0.15, -0.1) is 0 Å². The first-order valence-corrected chi connectivity index (χ1v) is 6.77. The maximum Gasteiger partial charge on any atom is 0.413 e. The van der Waals surface area contributed by atoms with Gasteiger partial charge in [0, 0.05) is 31.8 Å². The number of rotatable bonds is 4. The Bertz CT molecular complexity index is 505. The molecule has 1 fully saturated rings. The van der Waals surface area contributed by atoms with Gasteiger partial charge in [-0.3, -0.25) is 20.3 Å². The van der Waals surface area contributed by atoms with Gasteiger partial charge in [0.15, 0.2) is 0 Å². The SMILES string of the molecule is CCN1CCNC(NC(=O)Oc2ccc([N+](=O)[O-])cc2)C1. The predicted molar refractivity (Wildman–Crippen MR) is 76.2 cm³/mol. The third-order valence-corrected chi connectivity index (χ3v) is 3.26. The second-order valence-corrected chi connectivity index (χ2v) is 4.68. The molecule has 1 aliphatic rings. The lowest BCUT2D eigenvalue weighted by Crippen LogP contribution is -2.58. The highest BCUT2D eigenvalue weighted by Crippen LogP contribution is 2.17. The Labute approximate surface area is 122 Å². The third-order valence-electron chi connectivity index (χ3n) is 3.26. The van der Waals surface area contributed by atoms with Crippen molar-refractivity contribution in [2.24, 2.45) is 0 Å². The summed E-state index contributed by atoms with van der Waals surface area (Å²) < 4.78 is 5.09. The van der Waals surface area contributed by atoms with E-state index in [1.54, 1.807) is 0 Å². The Balaban J connectivity index is 1.85. The lowest BCUT2D eigenvalue weighted by Gasteiger charge is -2.32. The molecule has 0 saturated carbocycles.